The monoisotopic (exact) mass is 311 g/mol. The van der Waals surface area contributed by atoms with Gasteiger partial charge < -0.3 is 9.14 Å². The summed E-state index contributed by atoms with van der Waals surface area (Å²) >= 11 is 0. The zero-order valence-electron chi connectivity index (χ0n) is 12.5. The Kier molecular flexibility index (Phi) is 3.93. The molecule has 0 saturated heterocycles. The van der Waals surface area contributed by atoms with Crippen LogP contribution in [0.5, 0.6) is 0 Å². The van der Waals surface area contributed by atoms with Gasteiger partial charge in [0.25, 0.3) is 0 Å². The fraction of sp³-hybridized carbons (Fsp3) is 0.111. The van der Waals surface area contributed by atoms with Crippen LogP contribution >= 0.6 is 0 Å². The number of aromatic nitrogens is 1. The molecule has 0 spiro atoms. The molecule has 0 fully saturated rings. The summed E-state index contributed by atoms with van der Waals surface area (Å²) in [6.07, 6.45) is 1.72. The van der Waals surface area contributed by atoms with Gasteiger partial charge in [0.2, 0.25) is 5.78 Å². The van der Waals surface area contributed by atoms with Crippen LogP contribution in [0.1, 0.15) is 33.3 Å². The second-order valence-electron chi connectivity index (χ2n) is 4.99. The zero-order chi connectivity index (χ0) is 16.4. The van der Waals surface area contributed by atoms with Crippen molar-refractivity contribution in [3.05, 3.63) is 77.4 Å². The first kappa shape index (κ1) is 15.0. The third kappa shape index (κ3) is 2.85. The van der Waals surface area contributed by atoms with Gasteiger partial charge >= 0.3 is 5.97 Å². The Balaban J connectivity index is 2.13. The highest BCUT2D eigenvalue weighted by molar-refractivity contribution is 6.09. The molecule has 0 bridgehead atoms. The number of benzene rings is 1. The standard InChI is InChI=1S/C18H14FNO3/c1-2-23-18(22)13-10-15-7-4-8-20(15)16(11-13)17(21)12-5-3-6-14(19)9-12/h3-11H,2H2,1H3. The molecular weight excluding hydrogens is 297 g/mol. The van der Waals surface area contributed by atoms with Gasteiger partial charge in [-0.1, -0.05) is 12.1 Å². The molecule has 5 heteroatoms. The van der Waals surface area contributed by atoms with Crippen LogP contribution in [0.2, 0.25) is 0 Å². The molecule has 2 heterocycles. The zero-order valence-corrected chi connectivity index (χ0v) is 12.5. The molecule has 0 radical (unpaired) electrons. The van der Waals surface area contributed by atoms with Crippen LogP contribution in [-0.4, -0.2) is 22.8 Å². The summed E-state index contributed by atoms with van der Waals surface area (Å²) in [6, 6.07) is 12.1. The van der Waals surface area contributed by atoms with Crippen molar-refractivity contribution in [1.82, 2.24) is 4.40 Å². The lowest BCUT2D eigenvalue weighted by Crippen LogP contribution is -2.12. The lowest BCUT2D eigenvalue weighted by atomic mass is 10.1. The normalized spacial score (nSPS) is 10.7. The Morgan fingerprint density at radius 2 is 1.91 bits per heavy atom. The fourth-order valence-electron chi connectivity index (χ4n) is 2.43. The van der Waals surface area contributed by atoms with Gasteiger partial charge in [0.15, 0.2) is 0 Å². The van der Waals surface area contributed by atoms with Crippen LogP contribution in [0, 0.1) is 5.82 Å². The smallest absolute Gasteiger partial charge is 0.338 e. The Morgan fingerprint density at radius 3 is 2.65 bits per heavy atom. The van der Waals surface area contributed by atoms with Gasteiger partial charge in [0.05, 0.1) is 17.9 Å². The Morgan fingerprint density at radius 1 is 1.09 bits per heavy atom. The maximum Gasteiger partial charge on any atom is 0.338 e. The molecular formula is C18H14FNO3. The maximum atomic E-state index is 13.4. The van der Waals surface area contributed by atoms with E-state index >= 15 is 0 Å². The molecule has 0 saturated carbocycles. The van der Waals surface area contributed by atoms with E-state index in [0.29, 0.717) is 5.52 Å². The quantitative estimate of drug-likeness (QED) is 0.547. The van der Waals surface area contributed by atoms with Crippen LogP contribution in [0.25, 0.3) is 5.52 Å². The third-order valence-electron chi connectivity index (χ3n) is 3.47. The summed E-state index contributed by atoms with van der Waals surface area (Å²) in [5, 5.41) is 0. The van der Waals surface area contributed by atoms with Gasteiger partial charge in [-0.2, -0.15) is 0 Å². The summed E-state index contributed by atoms with van der Waals surface area (Å²) in [5.41, 5.74) is 1.48. The van der Waals surface area contributed by atoms with Gasteiger partial charge in [0, 0.05) is 17.3 Å². The van der Waals surface area contributed by atoms with Crippen LogP contribution in [0.4, 0.5) is 4.39 Å². The van der Waals surface area contributed by atoms with Crippen LogP contribution in [0.15, 0.2) is 54.7 Å². The van der Waals surface area contributed by atoms with Crippen molar-refractivity contribution >= 4 is 17.3 Å². The first-order valence-electron chi connectivity index (χ1n) is 7.18. The number of pyridine rings is 1. The Bertz CT molecular complexity index is 898. The molecule has 0 unspecified atom stereocenters. The summed E-state index contributed by atoms with van der Waals surface area (Å²) in [4.78, 5) is 24.7. The number of halogens is 1. The number of rotatable bonds is 4. The molecule has 4 nitrogen and oxygen atoms in total. The predicted octanol–water partition coefficient (Wildman–Crippen LogP) is 3.49. The molecule has 0 aliphatic rings. The second kappa shape index (κ2) is 6.04. The fourth-order valence-corrected chi connectivity index (χ4v) is 2.43. The average Bonchev–Trinajstić information content (AvgIpc) is 3.02. The minimum atomic E-state index is -0.496. The number of hydrogen-bond donors (Lipinski definition) is 0. The average molecular weight is 311 g/mol. The first-order chi connectivity index (χ1) is 11.1. The summed E-state index contributed by atoms with van der Waals surface area (Å²) in [7, 11) is 0. The van der Waals surface area contributed by atoms with Crippen molar-refractivity contribution in [3.8, 4) is 0 Å². The van der Waals surface area contributed by atoms with Crippen LogP contribution in [-0.2, 0) is 4.74 Å². The first-order valence-corrected chi connectivity index (χ1v) is 7.18. The number of esters is 1. The maximum absolute atomic E-state index is 13.4. The molecule has 3 rings (SSSR count). The van der Waals surface area contributed by atoms with E-state index in [1.54, 1.807) is 35.7 Å². The van der Waals surface area contributed by atoms with Gasteiger partial charge in [0.1, 0.15) is 5.82 Å². The highest BCUT2D eigenvalue weighted by Crippen LogP contribution is 2.18. The number of hydrogen-bond acceptors (Lipinski definition) is 3. The van der Waals surface area contributed by atoms with E-state index in [-0.39, 0.29) is 29.2 Å². The van der Waals surface area contributed by atoms with Gasteiger partial charge in [-0.3, -0.25) is 4.79 Å². The molecule has 0 aliphatic carbocycles. The summed E-state index contributed by atoms with van der Waals surface area (Å²) in [6.45, 7) is 1.96. The Labute approximate surface area is 132 Å². The molecule has 1 aromatic carbocycles. The summed E-state index contributed by atoms with van der Waals surface area (Å²) in [5.74, 6) is -1.34. The minimum absolute atomic E-state index is 0.223. The molecule has 0 N–H and O–H groups in total. The van der Waals surface area contributed by atoms with E-state index in [9.17, 15) is 14.0 Å². The van der Waals surface area contributed by atoms with Crippen LogP contribution < -0.4 is 0 Å². The van der Waals surface area contributed by atoms with E-state index < -0.39 is 11.8 Å². The lowest BCUT2D eigenvalue weighted by molar-refractivity contribution is 0.0526. The Hall–Kier alpha value is -2.95. The van der Waals surface area contributed by atoms with E-state index in [1.165, 1.54) is 30.3 Å². The number of nitrogens with zero attached hydrogens (tertiary/aromatic N) is 1. The van der Waals surface area contributed by atoms with Crippen molar-refractivity contribution in [3.63, 3.8) is 0 Å². The van der Waals surface area contributed by atoms with Crippen molar-refractivity contribution in [2.45, 2.75) is 6.92 Å². The lowest BCUT2D eigenvalue weighted by Gasteiger charge is -2.09. The van der Waals surface area contributed by atoms with Gasteiger partial charge in [-0.25, -0.2) is 9.18 Å². The van der Waals surface area contributed by atoms with Crippen molar-refractivity contribution < 1.29 is 18.7 Å². The van der Waals surface area contributed by atoms with Gasteiger partial charge in [-0.05, 0) is 43.3 Å². The largest absolute Gasteiger partial charge is 0.462 e. The van der Waals surface area contributed by atoms with E-state index in [4.69, 9.17) is 4.74 Å². The molecule has 23 heavy (non-hydrogen) atoms. The number of ether oxygens (including phenoxy) is 1. The highest BCUT2D eigenvalue weighted by Gasteiger charge is 2.17. The van der Waals surface area contributed by atoms with Crippen molar-refractivity contribution in [2.75, 3.05) is 6.61 Å². The SMILES string of the molecule is CCOC(=O)c1cc(C(=O)c2cccc(F)c2)n2cccc2c1. The number of carbonyl (C=O) groups excluding carboxylic acids is 2. The minimum Gasteiger partial charge on any atom is -0.462 e. The molecule has 2 aromatic heterocycles. The second-order valence-corrected chi connectivity index (χ2v) is 4.99. The van der Waals surface area contributed by atoms with Gasteiger partial charge in [-0.15, -0.1) is 0 Å². The number of carbonyl (C=O) groups is 2. The number of fused-ring (bicyclic) bond motifs is 1. The highest BCUT2D eigenvalue weighted by atomic mass is 19.1. The van der Waals surface area contributed by atoms with Crippen molar-refractivity contribution in [1.29, 1.82) is 0 Å². The van der Waals surface area contributed by atoms with E-state index in [0.717, 1.165) is 0 Å². The van der Waals surface area contributed by atoms with E-state index in [2.05, 4.69) is 0 Å². The van der Waals surface area contributed by atoms with Crippen LogP contribution in [0.3, 0.4) is 0 Å². The van der Waals surface area contributed by atoms with Crippen molar-refractivity contribution in [2.24, 2.45) is 0 Å². The third-order valence-corrected chi connectivity index (χ3v) is 3.47. The number of ketones is 1. The summed E-state index contributed by atoms with van der Waals surface area (Å²) < 4.78 is 20.0. The molecule has 0 amide bonds. The molecule has 116 valence electrons. The molecule has 0 aliphatic heterocycles. The topological polar surface area (TPSA) is 47.8 Å². The predicted molar refractivity (Wildman–Crippen MR) is 83.2 cm³/mol. The van der Waals surface area contributed by atoms with E-state index in [1.807, 2.05) is 0 Å². The molecule has 0 atom stereocenters. The molecule has 3 aromatic rings.